The number of aryl methyl sites for hydroxylation is 1. The maximum Gasteiger partial charge on any atom is 0.271 e. The second-order valence-electron chi connectivity index (χ2n) is 4.58. The van der Waals surface area contributed by atoms with Crippen molar-refractivity contribution < 1.29 is 19.2 Å². The van der Waals surface area contributed by atoms with Gasteiger partial charge in [0.25, 0.3) is 11.8 Å². The summed E-state index contributed by atoms with van der Waals surface area (Å²) in [6, 6.07) is 10.1. The van der Waals surface area contributed by atoms with E-state index in [4.69, 9.17) is 9.62 Å². The Balaban J connectivity index is 2.00. The van der Waals surface area contributed by atoms with Gasteiger partial charge in [-0.25, -0.2) is 10.9 Å². The molecule has 0 aliphatic heterocycles. The number of nitrogens with zero attached hydrogens (tertiary/aromatic N) is 1. The van der Waals surface area contributed by atoms with Crippen molar-refractivity contribution in [1.82, 2.24) is 10.9 Å². The number of nitrogens with one attached hydrogen (secondary N) is 2. The summed E-state index contributed by atoms with van der Waals surface area (Å²) in [4.78, 5) is 22.9. The van der Waals surface area contributed by atoms with Crippen LogP contribution in [-0.2, 0) is 4.79 Å². The minimum absolute atomic E-state index is 0.379. The van der Waals surface area contributed by atoms with E-state index >= 15 is 0 Å². The Bertz CT molecular complexity index is 762. The number of amides is 2. The van der Waals surface area contributed by atoms with Gasteiger partial charge in [0, 0.05) is 11.6 Å². The molecule has 0 fully saturated rings. The Hall–Kier alpha value is -3.19. The summed E-state index contributed by atoms with van der Waals surface area (Å²) in [6.07, 6.45) is 4.02. The summed E-state index contributed by atoms with van der Waals surface area (Å²) < 4.78 is 5.29. The molecule has 7 heteroatoms. The quantitative estimate of drug-likeness (QED) is 0.339. The van der Waals surface area contributed by atoms with Gasteiger partial charge in [0.1, 0.15) is 11.5 Å². The van der Waals surface area contributed by atoms with Crippen LogP contribution in [0.2, 0.25) is 0 Å². The summed E-state index contributed by atoms with van der Waals surface area (Å²) in [6.45, 7) is 1.81. The van der Waals surface area contributed by atoms with Crippen molar-refractivity contribution in [1.29, 1.82) is 0 Å². The van der Waals surface area contributed by atoms with Crippen molar-refractivity contribution in [3.8, 4) is 0 Å². The monoisotopic (exact) mass is 313 g/mol. The Kier molecular flexibility index (Phi) is 5.43. The molecule has 1 aromatic heterocycles. The van der Waals surface area contributed by atoms with Crippen LogP contribution < -0.4 is 10.9 Å². The zero-order chi connectivity index (χ0) is 16.7. The van der Waals surface area contributed by atoms with E-state index in [1.807, 2.05) is 6.92 Å². The molecule has 0 bridgehead atoms. The molecule has 3 N–H and O–H groups in total. The van der Waals surface area contributed by atoms with Gasteiger partial charge in [-0.2, -0.15) is 5.10 Å². The van der Waals surface area contributed by atoms with Gasteiger partial charge in [-0.15, -0.1) is 0 Å². The molecular weight excluding hydrogens is 298 g/mol. The molecular formula is C16H15N3O4. The predicted molar refractivity (Wildman–Crippen MR) is 83.9 cm³/mol. The van der Waals surface area contributed by atoms with Crippen LogP contribution in [0.1, 0.15) is 27.4 Å². The largest absolute Gasteiger partial charge is 0.460 e. The van der Waals surface area contributed by atoms with E-state index in [1.165, 1.54) is 17.8 Å². The lowest BCUT2D eigenvalue weighted by molar-refractivity contribution is -0.124. The molecule has 118 valence electrons. The second-order valence-corrected chi connectivity index (χ2v) is 4.58. The number of hydrogen-bond acceptors (Lipinski definition) is 5. The standard InChI is InChI=1S/C16H15N3O4/c1-11-5-7-14(23-11)10-17-18-16(21)13-4-2-3-12(9-13)6-8-15(20)19-22/h2-10,22H,1H3,(H,18,21)(H,19,20). The van der Waals surface area contributed by atoms with E-state index in [0.717, 1.165) is 11.8 Å². The number of furan rings is 1. The fourth-order valence-corrected chi connectivity index (χ4v) is 1.73. The van der Waals surface area contributed by atoms with Crippen molar-refractivity contribution in [2.75, 3.05) is 0 Å². The van der Waals surface area contributed by atoms with Crippen LogP contribution in [0.4, 0.5) is 0 Å². The van der Waals surface area contributed by atoms with Crippen molar-refractivity contribution in [3.63, 3.8) is 0 Å². The van der Waals surface area contributed by atoms with Gasteiger partial charge in [0.05, 0.1) is 6.21 Å². The van der Waals surface area contributed by atoms with Crippen molar-refractivity contribution in [2.45, 2.75) is 6.92 Å². The summed E-state index contributed by atoms with van der Waals surface area (Å²) in [5.41, 5.74) is 4.88. The van der Waals surface area contributed by atoms with E-state index in [0.29, 0.717) is 16.9 Å². The molecule has 0 saturated carbocycles. The van der Waals surface area contributed by atoms with Gasteiger partial charge >= 0.3 is 0 Å². The van der Waals surface area contributed by atoms with E-state index < -0.39 is 11.8 Å². The highest BCUT2D eigenvalue weighted by atomic mass is 16.5. The highest BCUT2D eigenvalue weighted by Crippen LogP contribution is 2.07. The van der Waals surface area contributed by atoms with Crippen molar-refractivity contribution >= 4 is 24.1 Å². The van der Waals surface area contributed by atoms with Crippen LogP contribution in [0.15, 0.2) is 52.0 Å². The summed E-state index contributed by atoms with van der Waals surface area (Å²) in [5, 5.41) is 12.2. The lowest BCUT2D eigenvalue weighted by Gasteiger charge is -2.01. The van der Waals surface area contributed by atoms with Gasteiger partial charge in [0.15, 0.2) is 0 Å². The Morgan fingerprint density at radius 2 is 2.09 bits per heavy atom. The smallest absolute Gasteiger partial charge is 0.271 e. The van der Waals surface area contributed by atoms with Crippen LogP contribution in [0.3, 0.4) is 0 Å². The third-order valence-electron chi connectivity index (χ3n) is 2.81. The first-order chi connectivity index (χ1) is 11.1. The van der Waals surface area contributed by atoms with E-state index in [1.54, 1.807) is 36.4 Å². The summed E-state index contributed by atoms with van der Waals surface area (Å²) in [5.74, 6) is 0.239. The first kappa shape index (κ1) is 16.2. The van der Waals surface area contributed by atoms with Gasteiger partial charge < -0.3 is 4.42 Å². The number of carbonyl (C=O) groups excluding carboxylic acids is 2. The lowest BCUT2D eigenvalue weighted by atomic mass is 10.1. The molecule has 0 aliphatic rings. The average molecular weight is 313 g/mol. The van der Waals surface area contributed by atoms with Gasteiger partial charge in [-0.05, 0) is 42.8 Å². The Labute approximate surface area is 132 Å². The van der Waals surface area contributed by atoms with E-state index in [2.05, 4.69) is 10.5 Å². The van der Waals surface area contributed by atoms with Crippen molar-refractivity contribution in [3.05, 3.63) is 65.1 Å². The topological polar surface area (TPSA) is 104 Å². The molecule has 2 amide bonds. The number of benzene rings is 1. The van der Waals surface area contributed by atoms with Crippen LogP contribution in [-0.4, -0.2) is 23.2 Å². The zero-order valence-electron chi connectivity index (χ0n) is 12.3. The molecule has 0 unspecified atom stereocenters. The molecule has 0 saturated heterocycles. The maximum atomic E-state index is 12.0. The molecule has 1 aromatic carbocycles. The maximum absolute atomic E-state index is 12.0. The summed E-state index contributed by atoms with van der Waals surface area (Å²) >= 11 is 0. The van der Waals surface area contributed by atoms with Crippen LogP contribution >= 0.6 is 0 Å². The molecule has 0 spiro atoms. The first-order valence-corrected chi connectivity index (χ1v) is 6.70. The molecule has 0 atom stereocenters. The van der Waals surface area contributed by atoms with Gasteiger partial charge in [-0.1, -0.05) is 12.1 Å². The highest BCUT2D eigenvalue weighted by Gasteiger charge is 2.04. The molecule has 23 heavy (non-hydrogen) atoms. The van der Waals surface area contributed by atoms with Crippen LogP contribution in [0, 0.1) is 6.92 Å². The highest BCUT2D eigenvalue weighted by molar-refractivity contribution is 5.96. The minimum Gasteiger partial charge on any atom is -0.460 e. The fraction of sp³-hybridized carbons (Fsp3) is 0.0625. The Morgan fingerprint density at radius 3 is 2.78 bits per heavy atom. The first-order valence-electron chi connectivity index (χ1n) is 6.70. The third-order valence-corrected chi connectivity index (χ3v) is 2.81. The summed E-state index contributed by atoms with van der Waals surface area (Å²) in [7, 11) is 0. The van der Waals surface area contributed by atoms with E-state index in [-0.39, 0.29) is 0 Å². The van der Waals surface area contributed by atoms with Crippen molar-refractivity contribution in [2.24, 2.45) is 5.10 Å². The van der Waals surface area contributed by atoms with Crippen LogP contribution in [0.5, 0.6) is 0 Å². The molecule has 2 aromatic rings. The Morgan fingerprint density at radius 1 is 1.26 bits per heavy atom. The molecule has 0 aliphatic carbocycles. The SMILES string of the molecule is Cc1ccc(C=NNC(=O)c2cccc(C=CC(=O)NO)c2)o1. The van der Waals surface area contributed by atoms with E-state index in [9.17, 15) is 9.59 Å². The molecule has 0 radical (unpaired) electrons. The number of hydrogen-bond donors (Lipinski definition) is 3. The fourth-order valence-electron chi connectivity index (χ4n) is 1.73. The molecule has 7 nitrogen and oxygen atoms in total. The average Bonchev–Trinajstić information content (AvgIpc) is 2.98. The zero-order valence-corrected chi connectivity index (χ0v) is 12.3. The van der Waals surface area contributed by atoms with Gasteiger partial charge in [0.2, 0.25) is 0 Å². The second kappa shape index (κ2) is 7.71. The minimum atomic E-state index is -0.654. The normalized spacial score (nSPS) is 11.0. The number of carbonyl (C=O) groups is 2. The number of rotatable bonds is 5. The third kappa shape index (κ3) is 4.94. The number of hydrazone groups is 1. The molecule has 2 rings (SSSR count). The van der Waals surface area contributed by atoms with Crippen LogP contribution in [0.25, 0.3) is 6.08 Å². The predicted octanol–water partition coefficient (Wildman–Crippen LogP) is 1.87. The van der Waals surface area contributed by atoms with Gasteiger partial charge in [-0.3, -0.25) is 14.8 Å². The lowest BCUT2D eigenvalue weighted by Crippen LogP contribution is -2.17. The molecule has 1 heterocycles. The number of hydroxylamine groups is 1.